The molecule has 0 aromatic carbocycles. The van der Waals surface area contributed by atoms with Crippen molar-refractivity contribution in [3.05, 3.63) is 0 Å². The van der Waals surface area contributed by atoms with Crippen LogP contribution in [0, 0.1) is 0 Å². The highest BCUT2D eigenvalue weighted by Crippen LogP contribution is 2.70. The summed E-state index contributed by atoms with van der Waals surface area (Å²) < 4.78 is 20.1. The lowest BCUT2D eigenvalue weighted by molar-refractivity contribution is -0.144. The minimum Gasteiger partial charge on any atom is -0.466 e. The minimum absolute atomic E-state index is 0.138. The van der Waals surface area contributed by atoms with E-state index in [1.807, 2.05) is 0 Å². The van der Waals surface area contributed by atoms with Crippen LogP contribution >= 0.6 is 27.4 Å². The van der Waals surface area contributed by atoms with Crippen LogP contribution in [0.3, 0.4) is 0 Å². The highest BCUT2D eigenvalue weighted by molar-refractivity contribution is 8.99. The molecule has 0 rings (SSSR count). The Morgan fingerprint density at radius 2 is 0.625 bits per heavy atom. The molecule has 0 bridgehead atoms. The smallest absolute Gasteiger partial charge is 0.308 e. The second kappa shape index (κ2) is 44.3. The molecule has 56 heavy (non-hydrogen) atoms. The predicted octanol–water partition coefficient (Wildman–Crippen LogP) is 15.3. The zero-order valence-corrected chi connectivity index (χ0v) is 40.0. The normalized spacial score (nSPS) is 11.6. The Balaban J connectivity index is 4.43. The first kappa shape index (κ1) is 55.7. The van der Waals surface area contributed by atoms with Gasteiger partial charge in [-0.05, 0) is 31.1 Å². The number of hydrogen-bond acceptors (Lipinski definition) is 10. The van der Waals surface area contributed by atoms with Crippen LogP contribution in [-0.4, -0.2) is 55.8 Å². The Morgan fingerprint density at radius 1 is 0.375 bits per heavy atom. The minimum atomic E-state index is -2.51. The fourth-order valence-electron chi connectivity index (χ4n) is 6.38. The molecular formula is C45H87O7PS3. The molecule has 11 heteroatoms. The Kier molecular flexibility index (Phi) is 44.1. The van der Waals surface area contributed by atoms with Gasteiger partial charge in [0.15, 0.2) is 4.67 Å². The molecule has 332 valence electrons. The van der Waals surface area contributed by atoms with Gasteiger partial charge in [0.25, 0.3) is 0 Å². The number of carbonyl (C=O) groups excluding carboxylic acids is 3. The van der Waals surface area contributed by atoms with Crippen LogP contribution in [0.25, 0.3) is 0 Å². The first-order valence-corrected chi connectivity index (χ1v) is 29.3. The summed E-state index contributed by atoms with van der Waals surface area (Å²) in [6, 6.07) is 0. The van der Waals surface area contributed by atoms with E-state index >= 15 is 0 Å². The molecule has 0 saturated heterocycles. The Labute approximate surface area is 359 Å². The van der Waals surface area contributed by atoms with Gasteiger partial charge >= 0.3 is 17.9 Å². The van der Waals surface area contributed by atoms with Crippen LogP contribution in [0.1, 0.15) is 233 Å². The summed E-state index contributed by atoms with van der Waals surface area (Å²) in [5.41, 5.74) is 0. The molecule has 0 aromatic heterocycles. The predicted molar refractivity (Wildman–Crippen MR) is 247 cm³/mol. The van der Waals surface area contributed by atoms with Gasteiger partial charge in [-0.1, -0.05) is 217 Å². The van der Waals surface area contributed by atoms with Crippen molar-refractivity contribution in [1.82, 2.24) is 0 Å². The summed E-state index contributed by atoms with van der Waals surface area (Å²) in [6.07, 6.45) is 37.8. The number of unbranched alkanes of at least 4 members (excludes halogenated alkanes) is 27. The van der Waals surface area contributed by atoms with Crippen molar-refractivity contribution >= 4 is 57.1 Å². The monoisotopic (exact) mass is 867 g/mol. The van der Waals surface area contributed by atoms with Crippen LogP contribution in [0.5, 0.6) is 0 Å². The molecule has 0 N–H and O–H groups in total. The molecule has 0 heterocycles. The first-order chi connectivity index (χ1) is 27.4. The summed E-state index contributed by atoms with van der Waals surface area (Å²) in [6.45, 7) is 8.27. The summed E-state index contributed by atoms with van der Waals surface area (Å²) in [5, 5.41) is 0. The van der Waals surface area contributed by atoms with Gasteiger partial charge in [0.1, 0.15) is 0 Å². The molecule has 0 fully saturated rings. The molecule has 0 aliphatic heterocycles. The number of hydrogen-bond donors (Lipinski definition) is 0. The van der Waals surface area contributed by atoms with E-state index in [4.69, 9.17) is 30.5 Å². The Morgan fingerprint density at radius 3 is 0.911 bits per heavy atom. The first-order valence-electron chi connectivity index (χ1n) is 23.4. The summed E-state index contributed by atoms with van der Waals surface area (Å²) >= 11 is 8.87. The lowest BCUT2D eigenvalue weighted by atomic mass is 10.1. The van der Waals surface area contributed by atoms with Crippen LogP contribution in [0.2, 0.25) is 0 Å². The number of esters is 3. The standard InChI is InChI=1S/C45H87O7PS3/c1-4-7-10-13-16-19-22-25-28-31-37-49-43(46)34-40-52-53(54,55-41-35-44(47)50-38-32-29-26-23-20-17-14-11-8-5-2)56-42-36-45(48)51-39-33-30-27-24-21-18-15-12-9-6-3/h4-42H2,1-3H3. The lowest BCUT2D eigenvalue weighted by Crippen LogP contribution is -2.09. The lowest BCUT2D eigenvalue weighted by Gasteiger charge is -2.20. The Hall–Kier alpha value is -0.280. The van der Waals surface area contributed by atoms with E-state index in [2.05, 4.69) is 20.8 Å². The summed E-state index contributed by atoms with van der Waals surface area (Å²) in [4.78, 5) is 37.4. The quantitative estimate of drug-likeness (QED) is 0.0255. The van der Waals surface area contributed by atoms with Crippen LogP contribution in [-0.2, 0) is 44.9 Å². The van der Waals surface area contributed by atoms with Gasteiger partial charge in [0, 0.05) is 11.5 Å². The van der Waals surface area contributed by atoms with Crippen LogP contribution < -0.4 is 0 Å². The molecule has 0 aliphatic carbocycles. The fourth-order valence-corrected chi connectivity index (χ4v) is 14.5. The Bertz CT molecular complexity index is 825. The maximum Gasteiger partial charge on any atom is 0.308 e. The third-order valence-electron chi connectivity index (χ3n) is 9.95. The molecule has 7 nitrogen and oxygen atoms in total. The van der Waals surface area contributed by atoms with E-state index in [0.29, 0.717) is 31.3 Å². The van der Waals surface area contributed by atoms with Crippen molar-refractivity contribution in [2.75, 3.05) is 37.9 Å². The maximum atomic E-state index is 12.5. The largest absolute Gasteiger partial charge is 0.466 e. The topological polar surface area (TPSA) is 88.1 Å². The van der Waals surface area contributed by atoms with Gasteiger partial charge in [0.2, 0.25) is 0 Å². The molecule has 0 atom stereocenters. The zero-order valence-electron chi connectivity index (χ0n) is 36.6. The van der Waals surface area contributed by atoms with Gasteiger partial charge in [0.05, 0.1) is 45.7 Å². The van der Waals surface area contributed by atoms with Gasteiger partial charge in [-0.3, -0.25) is 14.4 Å². The molecule has 0 spiro atoms. The molecule has 0 unspecified atom stereocenters. The van der Waals surface area contributed by atoms with Crippen LogP contribution in [0.4, 0.5) is 0 Å². The van der Waals surface area contributed by atoms with Gasteiger partial charge in [-0.2, -0.15) is 0 Å². The molecule has 0 saturated carbocycles. The van der Waals surface area contributed by atoms with Crippen molar-refractivity contribution in [3.63, 3.8) is 0 Å². The van der Waals surface area contributed by atoms with Crippen molar-refractivity contribution < 1.29 is 33.1 Å². The molecule has 0 aliphatic rings. The van der Waals surface area contributed by atoms with Crippen molar-refractivity contribution in [1.29, 1.82) is 0 Å². The molecule has 0 aromatic rings. The van der Waals surface area contributed by atoms with E-state index in [-0.39, 0.29) is 43.8 Å². The fraction of sp³-hybridized carbons (Fsp3) is 0.933. The third-order valence-corrected chi connectivity index (χ3v) is 19.6. The number of rotatable bonds is 45. The van der Waals surface area contributed by atoms with E-state index in [1.54, 1.807) is 0 Å². The third kappa shape index (κ3) is 41.9. The molecule has 0 radical (unpaired) electrons. The maximum absolute atomic E-state index is 12.5. The second-order valence-electron chi connectivity index (χ2n) is 15.4. The van der Waals surface area contributed by atoms with Gasteiger partial charge in [-0.15, -0.1) is 0 Å². The second-order valence-corrected chi connectivity index (χ2v) is 26.1. The highest BCUT2D eigenvalue weighted by Gasteiger charge is 2.22. The van der Waals surface area contributed by atoms with E-state index in [9.17, 15) is 14.4 Å². The van der Waals surface area contributed by atoms with Crippen molar-refractivity contribution in [2.45, 2.75) is 233 Å². The average Bonchev–Trinajstić information content (AvgIpc) is 3.18. The summed E-state index contributed by atoms with van der Waals surface area (Å²) in [5.74, 6) is 0.252. The highest BCUT2D eigenvalue weighted by atomic mass is 33.2. The number of carbonyl (C=O) groups is 3. The van der Waals surface area contributed by atoms with Gasteiger partial charge in [-0.25, -0.2) is 0 Å². The SMILES string of the molecule is CCCCCCCCCCCCOC(=O)CCOP(=S)(SCCC(=O)OCCCCCCCCCCCC)SCCC(=O)OCCCCCCCCCCCC. The van der Waals surface area contributed by atoms with Crippen molar-refractivity contribution in [2.24, 2.45) is 0 Å². The zero-order chi connectivity index (χ0) is 41.1. The molecular weight excluding hydrogens is 780 g/mol. The van der Waals surface area contributed by atoms with E-state index < -0.39 is 4.67 Å². The van der Waals surface area contributed by atoms with E-state index in [0.717, 1.165) is 38.5 Å². The van der Waals surface area contributed by atoms with Crippen LogP contribution in [0.15, 0.2) is 0 Å². The summed E-state index contributed by atoms with van der Waals surface area (Å²) in [7, 11) is 0. The van der Waals surface area contributed by atoms with E-state index in [1.165, 1.54) is 177 Å². The number of ether oxygens (including phenoxy) is 3. The average molecular weight is 867 g/mol. The van der Waals surface area contributed by atoms with Gasteiger partial charge < -0.3 is 18.7 Å². The molecule has 0 amide bonds. The van der Waals surface area contributed by atoms with Crippen molar-refractivity contribution in [3.8, 4) is 0 Å².